The molecule has 128 valence electrons. The summed E-state index contributed by atoms with van der Waals surface area (Å²) in [6.07, 6.45) is 1.20. The number of nitrogens with zero attached hydrogens (tertiary/aromatic N) is 1. The molecule has 0 aromatic rings. The Morgan fingerprint density at radius 2 is 1.33 bits per heavy atom. The van der Waals surface area contributed by atoms with Gasteiger partial charge >= 0.3 is 9.28 Å². The molecule has 0 aromatic heterocycles. The molecule has 0 saturated carbocycles. The normalized spacial score (nSPS) is 13.4. The van der Waals surface area contributed by atoms with Gasteiger partial charge < -0.3 is 13.4 Å². The summed E-state index contributed by atoms with van der Waals surface area (Å²) < 4.78 is 13.8. The first-order valence-electron chi connectivity index (χ1n) is 8.59. The third kappa shape index (κ3) is 5.17. The van der Waals surface area contributed by atoms with E-state index in [0.29, 0.717) is 0 Å². The molecule has 0 spiro atoms. The Balaban J connectivity index is 5.00. The van der Waals surface area contributed by atoms with Gasteiger partial charge in [-0.3, -0.25) is 0 Å². The van der Waals surface area contributed by atoms with Crippen LogP contribution in [0.5, 0.6) is 0 Å². The topological polar surface area (TPSA) is 21.7 Å². The maximum absolute atomic E-state index is 5.45. The van der Waals surface area contributed by atoms with Gasteiger partial charge in [0, 0.05) is 14.2 Å². The van der Waals surface area contributed by atoms with E-state index in [1.54, 1.807) is 14.2 Å². The Bertz CT molecular complexity index is 247. The first-order valence-corrected chi connectivity index (χ1v) is 12.5. The largest absolute Gasteiger partial charge is 0.400 e. The van der Waals surface area contributed by atoms with Crippen molar-refractivity contribution in [1.82, 2.24) is 4.57 Å². The van der Waals surface area contributed by atoms with E-state index in [9.17, 15) is 0 Å². The summed E-state index contributed by atoms with van der Waals surface area (Å²) in [7, 11) is 0.687. The molecule has 0 rings (SSSR count). The second-order valence-corrected chi connectivity index (χ2v) is 15.2. The molecule has 0 aliphatic heterocycles. The van der Waals surface area contributed by atoms with Crippen LogP contribution in [0.4, 0.5) is 0 Å². The lowest BCUT2D eigenvalue weighted by atomic mass is 10.5. The van der Waals surface area contributed by atoms with E-state index in [4.69, 9.17) is 8.85 Å². The predicted molar refractivity (Wildman–Crippen MR) is 98.9 cm³/mol. The van der Waals surface area contributed by atoms with Gasteiger partial charge in [-0.1, -0.05) is 48.5 Å². The van der Waals surface area contributed by atoms with E-state index >= 15 is 0 Å². The van der Waals surface area contributed by atoms with Crippen LogP contribution in [0, 0.1) is 0 Å². The van der Waals surface area contributed by atoms with Gasteiger partial charge in [0.15, 0.2) is 0 Å². The van der Waals surface area contributed by atoms with Crippen LogP contribution in [0.3, 0.4) is 0 Å². The van der Waals surface area contributed by atoms with E-state index in [1.165, 1.54) is 19.5 Å². The van der Waals surface area contributed by atoms with Crippen molar-refractivity contribution < 1.29 is 8.85 Å². The lowest BCUT2D eigenvalue weighted by molar-refractivity contribution is 0.274. The van der Waals surface area contributed by atoms with Crippen LogP contribution in [-0.4, -0.2) is 49.4 Å². The number of hydrogen-bond acceptors (Lipinski definition) is 3. The van der Waals surface area contributed by atoms with E-state index in [0.717, 1.165) is 22.7 Å². The quantitative estimate of drug-likeness (QED) is 0.524. The summed E-state index contributed by atoms with van der Waals surface area (Å²) in [5, 5.41) is 0. The van der Waals surface area contributed by atoms with Crippen LogP contribution in [0.1, 0.15) is 54.9 Å². The summed E-state index contributed by atoms with van der Waals surface area (Å²) >= 11 is 0. The van der Waals surface area contributed by atoms with Crippen LogP contribution < -0.4 is 0 Å². The van der Waals surface area contributed by atoms with Gasteiger partial charge in [-0.2, -0.15) is 0 Å². The zero-order valence-corrected chi connectivity index (χ0v) is 18.1. The molecule has 0 amide bonds. The van der Waals surface area contributed by atoms with E-state index in [1.807, 2.05) is 0 Å². The molecule has 5 heteroatoms. The second kappa shape index (κ2) is 10.2. The van der Waals surface area contributed by atoms with E-state index in [-0.39, 0.29) is 0 Å². The molecule has 0 saturated heterocycles. The Hall–Kier alpha value is 0.314. The van der Waals surface area contributed by atoms with E-state index in [2.05, 4.69) is 53.0 Å². The molecule has 0 atom stereocenters. The molecule has 0 aliphatic rings. The molecule has 0 aliphatic carbocycles. The number of rotatable bonds is 11. The van der Waals surface area contributed by atoms with E-state index < -0.39 is 17.5 Å². The zero-order valence-electron chi connectivity index (χ0n) is 15.9. The third-order valence-corrected chi connectivity index (χ3v) is 14.2. The summed E-state index contributed by atoms with van der Waals surface area (Å²) in [6.45, 7) is 19.4. The van der Waals surface area contributed by atoms with Crippen molar-refractivity contribution in [3.63, 3.8) is 0 Å². The third-order valence-electron chi connectivity index (χ3n) is 5.10. The smallest absolute Gasteiger partial charge is 0.320 e. The maximum Gasteiger partial charge on any atom is 0.320 e. The summed E-state index contributed by atoms with van der Waals surface area (Å²) in [4.78, 5) is 0. The minimum atomic E-state index is -1.48. The standard InChI is InChI=1S/C16H39NO2Si2/c1-10-17(12-11-13-20(18-8)19-9)21(14(2)3,15(4)5)16(6)7/h14-16,20H,10-13H2,1-9H3. The summed E-state index contributed by atoms with van der Waals surface area (Å²) in [6, 6.07) is 1.11. The van der Waals surface area contributed by atoms with Crippen LogP contribution in [-0.2, 0) is 8.85 Å². The molecular weight excluding hydrogens is 294 g/mol. The molecule has 0 radical (unpaired) electrons. The first kappa shape index (κ1) is 21.3. The fraction of sp³-hybridized carbons (Fsp3) is 1.00. The second-order valence-electron chi connectivity index (χ2n) is 6.97. The highest BCUT2D eigenvalue weighted by Crippen LogP contribution is 2.43. The highest BCUT2D eigenvalue weighted by molar-refractivity contribution is 6.80. The molecule has 0 bridgehead atoms. The monoisotopic (exact) mass is 333 g/mol. The van der Waals surface area contributed by atoms with Gasteiger partial charge in [0.25, 0.3) is 0 Å². The molecule has 0 heterocycles. The minimum Gasteiger partial charge on any atom is -0.400 e. The van der Waals surface area contributed by atoms with Gasteiger partial charge in [-0.25, -0.2) is 0 Å². The Morgan fingerprint density at radius 1 is 0.905 bits per heavy atom. The van der Waals surface area contributed by atoms with Crippen LogP contribution in [0.15, 0.2) is 0 Å². The maximum atomic E-state index is 5.45. The van der Waals surface area contributed by atoms with Crippen molar-refractivity contribution >= 4 is 17.5 Å². The van der Waals surface area contributed by atoms with Crippen molar-refractivity contribution in [1.29, 1.82) is 0 Å². The van der Waals surface area contributed by atoms with Crippen molar-refractivity contribution in [2.75, 3.05) is 27.3 Å². The van der Waals surface area contributed by atoms with Crippen molar-refractivity contribution in [3.05, 3.63) is 0 Å². The highest BCUT2D eigenvalue weighted by Gasteiger charge is 2.47. The average molecular weight is 334 g/mol. The molecule has 0 aromatic carbocycles. The average Bonchev–Trinajstić information content (AvgIpc) is 2.40. The highest BCUT2D eigenvalue weighted by atomic mass is 28.3. The molecule has 3 nitrogen and oxygen atoms in total. The first-order chi connectivity index (χ1) is 9.78. The fourth-order valence-electron chi connectivity index (χ4n) is 4.50. The molecule has 0 fully saturated rings. The van der Waals surface area contributed by atoms with Crippen LogP contribution in [0.2, 0.25) is 22.7 Å². The van der Waals surface area contributed by atoms with Gasteiger partial charge in [0.2, 0.25) is 0 Å². The van der Waals surface area contributed by atoms with Gasteiger partial charge in [0.05, 0.1) is 0 Å². The lowest BCUT2D eigenvalue weighted by Gasteiger charge is -2.51. The van der Waals surface area contributed by atoms with Gasteiger partial charge in [0.1, 0.15) is 8.24 Å². The summed E-state index contributed by atoms with van der Waals surface area (Å²) in [5.74, 6) is 0. The molecule has 0 N–H and O–H groups in total. The van der Waals surface area contributed by atoms with Gasteiger partial charge in [-0.15, -0.1) is 0 Å². The van der Waals surface area contributed by atoms with Crippen molar-refractivity contribution in [3.8, 4) is 0 Å². The minimum absolute atomic E-state index is 0.787. The van der Waals surface area contributed by atoms with Crippen LogP contribution >= 0.6 is 0 Å². The SMILES string of the molecule is CCN(CCC[SiH](OC)OC)[Si](C(C)C)(C(C)C)C(C)C. The fourth-order valence-corrected chi connectivity index (χ4v) is 13.0. The number of hydrogen-bond donors (Lipinski definition) is 0. The summed E-state index contributed by atoms with van der Waals surface area (Å²) in [5.41, 5.74) is 2.36. The van der Waals surface area contributed by atoms with Crippen molar-refractivity contribution in [2.24, 2.45) is 0 Å². The molecule has 21 heavy (non-hydrogen) atoms. The zero-order chi connectivity index (χ0) is 16.6. The van der Waals surface area contributed by atoms with Gasteiger partial charge in [-0.05, 0) is 42.2 Å². The van der Waals surface area contributed by atoms with Crippen molar-refractivity contribution in [2.45, 2.75) is 77.6 Å². The lowest BCUT2D eigenvalue weighted by Crippen LogP contribution is -2.60. The molecular formula is C16H39NO2Si2. The Labute approximate surface area is 136 Å². The van der Waals surface area contributed by atoms with Crippen LogP contribution in [0.25, 0.3) is 0 Å². The molecule has 0 unspecified atom stereocenters. The Kier molecular flexibility index (Phi) is 10.3. The predicted octanol–water partition coefficient (Wildman–Crippen LogP) is 4.39. The Morgan fingerprint density at radius 3 is 1.62 bits per heavy atom.